The molecular formula is C37H30Cl3ORhSb2. The molecule has 0 spiro atoms. The second kappa shape index (κ2) is 24.4. The first-order valence-corrected chi connectivity index (χ1v) is 20.7. The van der Waals surface area contributed by atoms with Crippen LogP contribution in [-0.4, -0.2) is 47.2 Å². The molecule has 7 heteroatoms. The van der Waals surface area contributed by atoms with E-state index >= 15 is 0 Å². The van der Waals surface area contributed by atoms with Gasteiger partial charge >= 0.3 is 263 Å². The van der Waals surface area contributed by atoms with Crippen molar-refractivity contribution in [1.29, 1.82) is 0 Å². The standard InChI is InChI=1S/6C6H5.CO.3ClH.Rh.2Sb/c6*1-2-4-6-5-3-1;1-2;;;;;;/h6*1-5H;;3*1H;;;/q;;;;;;;;;;+3;;/p-3. The predicted molar refractivity (Wildman–Crippen MR) is 174 cm³/mol. The van der Waals surface area contributed by atoms with Crippen LogP contribution in [0.2, 0.25) is 0 Å². The fourth-order valence-electron chi connectivity index (χ4n) is 4.36. The molecule has 6 aromatic carbocycles. The molecule has 0 saturated heterocycles. The molecule has 0 saturated carbocycles. The van der Waals surface area contributed by atoms with Gasteiger partial charge in [0, 0.05) is 0 Å². The third-order valence-electron chi connectivity index (χ3n) is 6.09. The summed E-state index contributed by atoms with van der Waals surface area (Å²) in [6.45, 7) is 4.50. The molecule has 0 atom stereocenters. The maximum atomic E-state index is 7.50. The van der Waals surface area contributed by atoms with E-state index in [1.165, 1.54) is 21.1 Å². The van der Waals surface area contributed by atoms with Crippen LogP contribution in [0.25, 0.3) is 0 Å². The Balaban J connectivity index is 0.000000733. The SMILES string of the molecule is [C]=O.[Cl-].[Cl-].[Cl-].[Rh+3].c1cc[c]([Sb]([c]2ccccc2)[c]2ccccc2)cc1.c1cc[c]([Sb]([c]2ccccc2)[c]2ccccc2)cc1. The Hall–Kier alpha value is -1.88. The monoisotopic (exact) mass is 940 g/mol. The van der Waals surface area contributed by atoms with Crippen LogP contribution in [0, 0.1) is 0 Å². The normalized spacial score (nSPS) is 9.23. The summed E-state index contributed by atoms with van der Waals surface area (Å²) in [5.74, 6) is 0. The van der Waals surface area contributed by atoms with Crippen molar-refractivity contribution in [1.82, 2.24) is 0 Å². The Morgan fingerprint density at radius 3 is 0.500 bits per heavy atom. The molecule has 224 valence electrons. The number of rotatable bonds is 6. The Labute approximate surface area is 308 Å². The molecular weight excluding hydrogens is 913 g/mol. The molecule has 1 nitrogen and oxygen atoms in total. The molecule has 0 fully saturated rings. The van der Waals surface area contributed by atoms with Crippen molar-refractivity contribution in [3.05, 3.63) is 182 Å². The van der Waals surface area contributed by atoms with Crippen LogP contribution in [0.15, 0.2) is 182 Å². The van der Waals surface area contributed by atoms with E-state index in [0.717, 1.165) is 0 Å². The van der Waals surface area contributed by atoms with Crippen molar-refractivity contribution >= 4 is 68.3 Å². The summed E-state index contributed by atoms with van der Waals surface area (Å²) in [6.07, 6.45) is 0. The van der Waals surface area contributed by atoms with Gasteiger partial charge in [-0.2, -0.15) is 0 Å². The van der Waals surface area contributed by atoms with E-state index in [9.17, 15) is 0 Å². The molecule has 0 N–H and O–H groups in total. The van der Waals surface area contributed by atoms with E-state index < -0.39 is 40.4 Å². The van der Waals surface area contributed by atoms with Gasteiger partial charge in [0.05, 0.1) is 0 Å². The predicted octanol–water partition coefficient (Wildman–Crippen LogP) is -4.98. The van der Waals surface area contributed by atoms with Crippen LogP contribution >= 0.6 is 0 Å². The first-order chi connectivity index (χ1) is 19.9. The Bertz CT molecular complexity index is 1210. The summed E-state index contributed by atoms with van der Waals surface area (Å²) in [7, 11) is 0. The zero-order chi connectivity index (χ0) is 27.8. The minimum absolute atomic E-state index is 0. The summed E-state index contributed by atoms with van der Waals surface area (Å²) in [5, 5.41) is 0. The number of carbonyl (C=O) groups excluding carboxylic acids is 1. The zero-order valence-electron chi connectivity index (χ0n) is 23.6. The van der Waals surface area contributed by atoms with E-state index in [1.807, 2.05) is 0 Å². The van der Waals surface area contributed by atoms with Gasteiger partial charge < -0.3 is 37.2 Å². The first-order valence-electron chi connectivity index (χ1n) is 13.0. The second-order valence-corrected chi connectivity index (χ2v) is 21.4. The van der Waals surface area contributed by atoms with Gasteiger partial charge in [-0.3, -0.25) is 4.79 Å². The number of hydrogen-bond donors (Lipinski definition) is 0. The summed E-state index contributed by atoms with van der Waals surface area (Å²) < 4.78 is 9.10. The first kappa shape index (κ1) is 42.1. The Morgan fingerprint density at radius 2 is 0.386 bits per heavy atom. The Kier molecular flexibility index (Phi) is 23.3. The van der Waals surface area contributed by atoms with Gasteiger partial charge in [-0.1, -0.05) is 0 Å². The van der Waals surface area contributed by atoms with Crippen molar-refractivity contribution in [3.8, 4) is 0 Å². The molecule has 0 unspecified atom stereocenters. The molecule has 0 aliphatic heterocycles. The van der Waals surface area contributed by atoms with Crippen LogP contribution < -0.4 is 58.3 Å². The van der Waals surface area contributed by atoms with Crippen LogP contribution in [0.4, 0.5) is 0 Å². The van der Waals surface area contributed by atoms with Crippen molar-refractivity contribution in [3.63, 3.8) is 0 Å². The van der Waals surface area contributed by atoms with E-state index in [0.29, 0.717) is 0 Å². The molecule has 44 heavy (non-hydrogen) atoms. The summed E-state index contributed by atoms with van der Waals surface area (Å²) in [5.41, 5.74) is 0. The van der Waals surface area contributed by atoms with Crippen LogP contribution in [0.3, 0.4) is 0 Å². The van der Waals surface area contributed by atoms with Crippen molar-refractivity contribution in [2.45, 2.75) is 0 Å². The van der Waals surface area contributed by atoms with Crippen molar-refractivity contribution < 1.29 is 61.5 Å². The van der Waals surface area contributed by atoms with E-state index in [-0.39, 0.29) is 56.7 Å². The van der Waals surface area contributed by atoms with Gasteiger partial charge in [0.1, 0.15) is 0 Å². The van der Waals surface area contributed by atoms with E-state index in [2.05, 4.69) is 189 Å². The summed E-state index contributed by atoms with van der Waals surface area (Å²) >= 11 is -3.65. The average molecular weight is 943 g/mol. The van der Waals surface area contributed by atoms with Gasteiger partial charge in [-0.05, 0) is 0 Å². The van der Waals surface area contributed by atoms with Gasteiger partial charge in [-0.15, -0.1) is 0 Å². The third kappa shape index (κ3) is 12.5. The van der Waals surface area contributed by atoms with Gasteiger partial charge in [-0.25, -0.2) is 0 Å². The molecule has 0 aromatic heterocycles. The molecule has 0 aliphatic carbocycles. The fourth-order valence-corrected chi connectivity index (χ4v) is 17.5. The molecule has 2 radical (unpaired) electrons. The van der Waals surface area contributed by atoms with Crippen LogP contribution in [0.1, 0.15) is 0 Å². The molecule has 6 aromatic rings. The quantitative estimate of drug-likeness (QED) is 0.153. The second-order valence-electron chi connectivity index (χ2n) is 8.68. The minimum atomic E-state index is -1.83. The Morgan fingerprint density at radius 1 is 0.273 bits per heavy atom. The zero-order valence-corrected chi connectivity index (χ0v) is 32.6. The molecule has 0 bridgehead atoms. The topological polar surface area (TPSA) is 17.1 Å². The third-order valence-corrected chi connectivity index (χ3v) is 20.0. The molecule has 0 aliphatic rings. The van der Waals surface area contributed by atoms with Gasteiger partial charge in [0.15, 0.2) is 0 Å². The summed E-state index contributed by atoms with van der Waals surface area (Å²) in [6, 6.07) is 65.8. The average Bonchev–Trinajstić information content (AvgIpc) is 3.06. The molecule has 0 amide bonds. The van der Waals surface area contributed by atoms with Crippen LogP contribution in [0.5, 0.6) is 0 Å². The number of benzene rings is 6. The van der Waals surface area contributed by atoms with Crippen LogP contribution in [-0.2, 0) is 24.3 Å². The molecule has 6 rings (SSSR count). The van der Waals surface area contributed by atoms with Crippen molar-refractivity contribution in [2.75, 3.05) is 0 Å². The van der Waals surface area contributed by atoms with E-state index in [1.54, 1.807) is 0 Å². The van der Waals surface area contributed by atoms with E-state index in [4.69, 9.17) is 4.79 Å². The van der Waals surface area contributed by atoms with Gasteiger partial charge in [0.25, 0.3) is 6.79 Å². The van der Waals surface area contributed by atoms with Gasteiger partial charge in [0.2, 0.25) is 0 Å². The molecule has 0 heterocycles. The maximum absolute atomic E-state index is 7.50. The number of halogens is 3. The van der Waals surface area contributed by atoms with Crippen molar-refractivity contribution in [2.24, 2.45) is 0 Å². The summed E-state index contributed by atoms with van der Waals surface area (Å²) in [4.78, 5) is 7.50. The fraction of sp³-hybridized carbons (Fsp3) is 0. The number of hydrogen-bond acceptors (Lipinski definition) is 1.